The van der Waals surface area contributed by atoms with Crippen LogP contribution < -0.4 is 31.2 Å². The number of anilines is 4. The monoisotopic (exact) mass is 856 g/mol. The Labute approximate surface area is 358 Å². The van der Waals surface area contributed by atoms with E-state index in [0.29, 0.717) is 92.1 Å². The van der Waals surface area contributed by atoms with E-state index < -0.39 is 5.97 Å². The van der Waals surface area contributed by atoms with E-state index in [2.05, 4.69) is 66.7 Å². The number of amides is 1. The summed E-state index contributed by atoms with van der Waals surface area (Å²) in [6.45, 7) is 3.45. The van der Waals surface area contributed by atoms with Gasteiger partial charge in [0.25, 0.3) is 0 Å². The number of rotatable bonds is 11. The number of nitrogens with one attached hydrogen (secondary N) is 3. The van der Waals surface area contributed by atoms with E-state index in [-0.39, 0.29) is 12.3 Å². The topological polar surface area (TPSA) is 284 Å². The Balaban J connectivity index is 0.000000173. The molecule has 0 unspecified atom stereocenters. The standard InChI is InChI=1S/C20H23N9O3.C20H21N9O2/c21-8-2-9-28-13-14(11-23-28)24-20-22-12-17-19(25-20)29(27-26-17)15-4-6-16(7-5-15)32-10-1-3-18(30)31;30-18-3-1-10-31-16-6-4-15(5-7-16)29-19-17(26-27-29)12-22-20(25-19)24-14-11-23-28(13-14)9-2-8-21-18/h4-7,11-13H,1-3,8-10,21H2,(H,30,31)(H,22,24,25);4-7,11-13H,1-3,8-10H2,(H,21,30)(H,22,24,25). The summed E-state index contributed by atoms with van der Waals surface area (Å²) in [5.74, 6) is 1.39. The van der Waals surface area contributed by atoms with Crippen molar-refractivity contribution in [1.82, 2.24) is 74.8 Å². The van der Waals surface area contributed by atoms with Gasteiger partial charge in [0.15, 0.2) is 22.3 Å². The van der Waals surface area contributed by atoms with Crippen molar-refractivity contribution in [1.29, 1.82) is 0 Å². The molecule has 2 aromatic carbocycles. The van der Waals surface area contributed by atoms with Gasteiger partial charge >= 0.3 is 5.97 Å². The van der Waals surface area contributed by atoms with E-state index in [1.165, 1.54) is 0 Å². The minimum absolute atomic E-state index is 0.0271. The normalized spacial score (nSPS) is 13.1. The van der Waals surface area contributed by atoms with Gasteiger partial charge in [0, 0.05) is 44.9 Å². The summed E-state index contributed by atoms with van der Waals surface area (Å²) in [5.41, 5.74) is 10.9. The van der Waals surface area contributed by atoms with Crippen molar-refractivity contribution in [3.8, 4) is 22.9 Å². The molecule has 0 spiro atoms. The maximum atomic E-state index is 12.0. The first-order valence-corrected chi connectivity index (χ1v) is 20.3. The maximum absolute atomic E-state index is 12.0. The summed E-state index contributed by atoms with van der Waals surface area (Å²) in [5, 5.41) is 43.2. The molecule has 23 heteroatoms. The number of hydrogen-bond acceptors (Lipinski definition) is 17. The van der Waals surface area contributed by atoms with Crippen molar-refractivity contribution in [2.75, 3.05) is 36.9 Å². The summed E-state index contributed by atoms with van der Waals surface area (Å²) in [6, 6.07) is 14.7. The van der Waals surface area contributed by atoms with Crippen LogP contribution in [0, 0.1) is 0 Å². The number of carbonyl (C=O) groups excluding carboxylic acids is 1. The molecule has 1 amide bonds. The van der Waals surface area contributed by atoms with Crippen molar-refractivity contribution in [3.63, 3.8) is 0 Å². The fraction of sp³-hybridized carbons (Fsp3) is 0.300. The molecule has 6 aromatic heterocycles. The number of ether oxygens (including phenoxy) is 2. The average molecular weight is 857 g/mol. The second-order valence-corrected chi connectivity index (χ2v) is 14.2. The van der Waals surface area contributed by atoms with Crippen LogP contribution in [0.3, 0.4) is 0 Å². The van der Waals surface area contributed by atoms with Gasteiger partial charge < -0.3 is 36.3 Å². The average Bonchev–Trinajstić information content (AvgIpc) is 4.13. The number of aromatic nitrogens is 14. The zero-order valence-corrected chi connectivity index (χ0v) is 34.0. The number of carboxylic acids is 1. The van der Waals surface area contributed by atoms with E-state index in [0.717, 1.165) is 47.9 Å². The van der Waals surface area contributed by atoms with Crippen LogP contribution in [0.5, 0.6) is 11.5 Å². The molecule has 10 rings (SSSR count). The molecule has 8 aromatic rings. The number of carbonyl (C=O) groups is 2. The Kier molecular flexibility index (Phi) is 13.2. The summed E-state index contributed by atoms with van der Waals surface area (Å²) in [4.78, 5) is 40.3. The molecule has 6 N–H and O–H groups in total. The number of aryl methyl sites for hydroxylation is 2. The van der Waals surface area contributed by atoms with E-state index in [1.807, 2.05) is 58.2 Å². The summed E-state index contributed by atoms with van der Waals surface area (Å²) >= 11 is 0. The highest BCUT2D eigenvalue weighted by Crippen LogP contribution is 2.22. The molecular formula is C40H44N18O5. The predicted molar refractivity (Wildman–Crippen MR) is 228 cm³/mol. The molecule has 0 atom stereocenters. The molecular weight excluding hydrogens is 813 g/mol. The Hall–Kier alpha value is -8.08. The second kappa shape index (κ2) is 20.0. The van der Waals surface area contributed by atoms with Crippen LogP contribution in [0.1, 0.15) is 38.5 Å². The molecule has 0 saturated carbocycles. The molecule has 63 heavy (non-hydrogen) atoms. The molecule has 0 aliphatic carbocycles. The molecule has 23 nitrogen and oxygen atoms in total. The first-order chi connectivity index (χ1) is 30.9. The molecule has 2 aliphatic rings. The first-order valence-electron chi connectivity index (χ1n) is 20.3. The number of nitrogens with two attached hydrogens (primary N) is 1. The van der Waals surface area contributed by atoms with Gasteiger partial charge in [-0.2, -0.15) is 29.5 Å². The van der Waals surface area contributed by atoms with Gasteiger partial charge in [-0.25, -0.2) is 9.97 Å². The van der Waals surface area contributed by atoms with Crippen LogP contribution in [0.2, 0.25) is 0 Å². The zero-order valence-electron chi connectivity index (χ0n) is 34.0. The second-order valence-electron chi connectivity index (χ2n) is 14.2. The van der Waals surface area contributed by atoms with Gasteiger partial charge in [-0.1, -0.05) is 10.4 Å². The van der Waals surface area contributed by atoms with Gasteiger partial charge in [-0.3, -0.25) is 19.0 Å². The lowest BCUT2D eigenvalue weighted by Gasteiger charge is -2.08. The van der Waals surface area contributed by atoms with Crippen LogP contribution in [0.25, 0.3) is 33.7 Å². The van der Waals surface area contributed by atoms with E-state index in [4.69, 9.17) is 20.3 Å². The Morgan fingerprint density at radius 3 is 2.38 bits per heavy atom. The van der Waals surface area contributed by atoms with Crippen LogP contribution >= 0.6 is 0 Å². The molecule has 0 fully saturated rings. The Bertz CT molecular complexity index is 2760. The summed E-state index contributed by atoms with van der Waals surface area (Å²) in [6.07, 6.45) is 13.6. The van der Waals surface area contributed by atoms with Crippen LogP contribution in [0.4, 0.5) is 23.3 Å². The van der Waals surface area contributed by atoms with E-state index in [9.17, 15) is 9.59 Å². The van der Waals surface area contributed by atoms with Gasteiger partial charge in [-0.15, -0.1) is 10.2 Å². The predicted octanol–water partition coefficient (Wildman–Crippen LogP) is 3.57. The van der Waals surface area contributed by atoms with Crippen molar-refractivity contribution in [3.05, 3.63) is 85.7 Å². The molecule has 0 saturated heterocycles. The maximum Gasteiger partial charge on any atom is 0.303 e. The summed E-state index contributed by atoms with van der Waals surface area (Å²) < 4.78 is 18.2. The number of hydrogen-bond donors (Lipinski definition) is 5. The SMILES string of the molecule is NCCCn1cc(Nc2ncc3nnn(-c4ccc(OCCCC(=O)O)cc4)c3n2)cn1.O=C1CCCOc2ccc(cc2)-n2nnc3cnc(nc32)Nc2cnn(c2)CCCN1. The highest BCUT2D eigenvalue weighted by atomic mass is 16.5. The quantitative estimate of drug-likeness (QED) is 0.116. The summed E-state index contributed by atoms with van der Waals surface area (Å²) in [7, 11) is 0. The van der Waals surface area contributed by atoms with Gasteiger partial charge in [0.1, 0.15) is 11.5 Å². The van der Waals surface area contributed by atoms with Gasteiger partial charge in [0.05, 0.1) is 60.8 Å². The van der Waals surface area contributed by atoms with Crippen molar-refractivity contribution in [2.24, 2.45) is 5.73 Å². The molecule has 324 valence electrons. The zero-order chi connectivity index (χ0) is 43.4. The third-order valence-corrected chi connectivity index (χ3v) is 9.42. The van der Waals surface area contributed by atoms with E-state index in [1.54, 1.807) is 46.3 Å². The minimum Gasteiger partial charge on any atom is -0.494 e. The lowest BCUT2D eigenvalue weighted by Crippen LogP contribution is -2.25. The minimum atomic E-state index is -0.835. The van der Waals surface area contributed by atoms with Crippen molar-refractivity contribution in [2.45, 2.75) is 51.6 Å². The molecule has 8 heterocycles. The molecule has 2 aliphatic heterocycles. The number of benzene rings is 2. The number of nitrogens with zero attached hydrogens (tertiary/aromatic N) is 14. The van der Waals surface area contributed by atoms with Crippen LogP contribution in [-0.4, -0.2) is 113 Å². The first kappa shape index (κ1) is 41.6. The van der Waals surface area contributed by atoms with Crippen LogP contribution in [-0.2, 0) is 22.7 Å². The highest BCUT2D eigenvalue weighted by Gasteiger charge is 2.14. The number of fused-ring (bicyclic) bond motifs is 11. The highest BCUT2D eigenvalue weighted by molar-refractivity contribution is 5.76. The molecule has 0 radical (unpaired) electrons. The fourth-order valence-corrected chi connectivity index (χ4v) is 6.30. The smallest absolute Gasteiger partial charge is 0.303 e. The van der Waals surface area contributed by atoms with Crippen molar-refractivity contribution < 1.29 is 24.2 Å². The fourth-order valence-electron chi connectivity index (χ4n) is 6.30. The lowest BCUT2D eigenvalue weighted by atomic mass is 10.3. The largest absolute Gasteiger partial charge is 0.494 e. The third kappa shape index (κ3) is 11.0. The van der Waals surface area contributed by atoms with Gasteiger partial charge in [-0.05, 0) is 80.8 Å². The third-order valence-electron chi connectivity index (χ3n) is 9.42. The lowest BCUT2D eigenvalue weighted by molar-refractivity contribution is -0.137. The Morgan fingerprint density at radius 1 is 0.873 bits per heavy atom. The van der Waals surface area contributed by atoms with E-state index >= 15 is 0 Å². The van der Waals surface area contributed by atoms with Crippen molar-refractivity contribution >= 4 is 57.5 Å². The molecule has 6 bridgehead atoms. The van der Waals surface area contributed by atoms with Crippen LogP contribution in [0.15, 0.2) is 85.7 Å². The number of carboxylic acid groups (broad SMARTS) is 1. The van der Waals surface area contributed by atoms with Gasteiger partial charge in [0.2, 0.25) is 17.8 Å². The Morgan fingerprint density at radius 2 is 1.62 bits per heavy atom. The number of aliphatic carboxylic acids is 1.